The third kappa shape index (κ3) is 1.69. The minimum atomic E-state index is 0.244. The average molecular weight is 124 g/mol. The van der Waals surface area contributed by atoms with Gasteiger partial charge in [0.25, 0.3) is 0 Å². The van der Waals surface area contributed by atoms with Crippen molar-refractivity contribution in [2.24, 2.45) is 11.7 Å². The van der Waals surface area contributed by atoms with Crippen LogP contribution in [0.5, 0.6) is 0 Å². The van der Waals surface area contributed by atoms with Gasteiger partial charge in [0, 0.05) is 12.0 Å². The molecule has 2 N–H and O–H groups in total. The molecule has 0 bridgehead atoms. The fourth-order valence-electron chi connectivity index (χ4n) is 1.34. The number of hydrogen-bond donors (Lipinski definition) is 1. The van der Waals surface area contributed by atoms with Crippen molar-refractivity contribution in [2.75, 3.05) is 0 Å². The Balaban J connectivity index is 2.34. The van der Waals surface area contributed by atoms with E-state index in [-0.39, 0.29) is 5.92 Å². The Bertz CT molecular complexity index is 125. The van der Waals surface area contributed by atoms with Crippen molar-refractivity contribution in [3.8, 4) is 6.07 Å². The summed E-state index contributed by atoms with van der Waals surface area (Å²) in [5.74, 6) is 0.244. The highest BCUT2D eigenvalue weighted by molar-refractivity contribution is 4.88. The summed E-state index contributed by atoms with van der Waals surface area (Å²) in [6.07, 6.45) is 4.22. The lowest BCUT2D eigenvalue weighted by molar-refractivity contribution is 0.379. The predicted molar refractivity (Wildman–Crippen MR) is 35.5 cm³/mol. The second kappa shape index (κ2) is 2.84. The lowest BCUT2D eigenvalue weighted by Gasteiger charge is -2.20. The normalized spacial score (nSPS) is 35.6. The van der Waals surface area contributed by atoms with Crippen LogP contribution in [-0.4, -0.2) is 6.04 Å². The van der Waals surface area contributed by atoms with Crippen LogP contribution in [0, 0.1) is 17.2 Å². The van der Waals surface area contributed by atoms with E-state index in [1.807, 2.05) is 0 Å². The largest absolute Gasteiger partial charge is 0.328 e. The van der Waals surface area contributed by atoms with Gasteiger partial charge in [0.15, 0.2) is 0 Å². The molecule has 50 valence electrons. The Morgan fingerprint density at radius 3 is 2.67 bits per heavy atom. The third-order valence-corrected chi connectivity index (χ3v) is 1.90. The maximum atomic E-state index is 8.50. The summed E-state index contributed by atoms with van der Waals surface area (Å²) in [6, 6.07) is 2.55. The number of nitrogens with two attached hydrogens (primary N) is 1. The molecule has 1 aliphatic carbocycles. The van der Waals surface area contributed by atoms with E-state index in [0.29, 0.717) is 6.04 Å². The Kier molecular flexibility index (Phi) is 2.07. The number of rotatable bonds is 0. The zero-order valence-electron chi connectivity index (χ0n) is 5.51. The van der Waals surface area contributed by atoms with Crippen LogP contribution >= 0.6 is 0 Å². The molecular weight excluding hydrogens is 112 g/mol. The molecule has 2 atom stereocenters. The standard InChI is InChI=1S/C7H12N2/c8-5-6-2-1-3-7(9)4-6/h6-7H,1-4,9H2/t6-,7-/m1/s1. The molecule has 0 spiro atoms. The van der Waals surface area contributed by atoms with Crippen LogP contribution in [0.3, 0.4) is 0 Å². The van der Waals surface area contributed by atoms with E-state index in [1.165, 1.54) is 0 Å². The molecule has 1 rings (SSSR count). The molecule has 1 fully saturated rings. The molecule has 0 radical (unpaired) electrons. The summed E-state index contributed by atoms with van der Waals surface area (Å²) in [5.41, 5.74) is 5.65. The van der Waals surface area contributed by atoms with Gasteiger partial charge in [0.1, 0.15) is 0 Å². The minimum Gasteiger partial charge on any atom is -0.328 e. The van der Waals surface area contributed by atoms with Crippen molar-refractivity contribution in [2.45, 2.75) is 31.7 Å². The van der Waals surface area contributed by atoms with Crippen LogP contribution < -0.4 is 5.73 Å². The molecule has 0 saturated heterocycles. The first kappa shape index (κ1) is 6.57. The van der Waals surface area contributed by atoms with Crippen LogP contribution in [0.4, 0.5) is 0 Å². The maximum Gasteiger partial charge on any atom is 0.0656 e. The molecule has 1 aliphatic rings. The van der Waals surface area contributed by atoms with E-state index in [4.69, 9.17) is 11.0 Å². The minimum absolute atomic E-state index is 0.244. The summed E-state index contributed by atoms with van der Waals surface area (Å²) >= 11 is 0. The van der Waals surface area contributed by atoms with Crippen molar-refractivity contribution >= 4 is 0 Å². The Hall–Kier alpha value is -0.550. The van der Waals surface area contributed by atoms with Gasteiger partial charge in [-0.05, 0) is 19.3 Å². The number of nitrogens with zero attached hydrogens (tertiary/aromatic N) is 1. The van der Waals surface area contributed by atoms with Gasteiger partial charge in [0.2, 0.25) is 0 Å². The van der Waals surface area contributed by atoms with Gasteiger partial charge in [-0.1, -0.05) is 6.42 Å². The van der Waals surface area contributed by atoms with Gasteiger partial charge in [-0.25, -0.2) is 0 Å². The van der Waals surface area contributed by atoms with Crippen molar-refractivity contribution in [3.63, 3.8) is 0 Å². The molecule has 1 saturated carbocycles. The Morgan fingerprint density at radius 2 is 2.22 bits per heavy atom. The predicted octanol–water partition coefficient (Wildman–Crippen LogP) is 1.03. The summed E-state index contributed by atoms with van der Waals surface area (Å²) in [4.78, 5) is 0. The quantitative estimate of drug-likeness (QED) is 0.524. The SMILES string of the molecule is N#C[C@@H]1CCC[C@@H](N)C1. The topological polar surface area (TPSA) is 49.8 Å². The van der Waals surface area contributed by atoms with Gasteiger partial charge in [0.05, 0.1) is 6.07 Å². The van der Waals surface area contributed by atoms with Gasteiger partial charge in [-0.2, -0.15) is 5.26 Å². The van der Waals surface area contributed by atoms with Crippen molar-refractivity contribution in [3.05, 3.63) is 0 Å². The second-order valence-electron chi connectivity index (χ2n) is 2.75. The summed E-state index contributed by atoms with van der Waals surface area (Å²) < 4.78 is 0. The summed E-state index contributed by atoms with van der Waals surface area (Å²) in [5, 5.41) is 8.50. The van der Waals surface area contributed by atoms with Crippen molar-refractivity contribution < 1.29 is 0 Å². The van der Waals surface area contributed by atoms with E-state index in [0.717, 1.165) is 25.7 Å². The third-order valence-electron chi connectivity index (χ3n) is 1.90. The molecule has 0 amide bonds. The highest BCUT2D eigenvalue weighted by Crippen LogP contribution is 2.21. The first-order valence-corrected chi connectivity index (χ1v) is 3.48. The van der Waals surface area contributed by atoms with Crippen LogP contribution in [0.25, 0.3) is 0 Å². The van der Waals surface area contributed by atoms with Crippen LogP contribution in [0.15, 0.2) is 0 Å². The fourth-order valence-corrected chi connectivity index (χ4v) is 1.34. The lowest BCUT2D eigenvalue weighted by Crippen LogP contribution is -2.26. The monoisotopic (exact) mass is 124 g/mol. The molecule has 0 aliphatic heterocycles. The molecular formula is C7H12N2. The van der Waals surface area contributed by atoms with E-state index in [1.54, 1.807) is 0 Å². The van der Waals surface area contributed by atoms with Gasteiger partial charge in [-0.3, -0.25) is 0 Å². The number of nitriles is 1. The Morgan fingerprint density at radius 1 is 1.44 bits per heavy atom. The molecule has 0 aromatic rings. The van der Waals surface area contributed by atoms with Crippen LogP contribution in [0.2, 0.25) is 0 Å². The highest BCUT2D eigenvalue weighted by atomic mass is 14.6. The zero-order chi connectivity index (χ0) is 6.69. The van der Waals surface area contributed by atoms with E-state index < -0.39 is 0 Å². The molecule has 0 aromatic carbocycles. The number of hydrogen-bond acceptors (Lipinski definition) is 2. The second-order valence-corrected chi connectivity index (χ2v) is 2.75. The van der Waals surface area contributed by atoms with E-state index in [9.17, 15) is 0 Å². The first-order chi connectivity index (χ1) is 4.33. The molecule has 0 aromatic heterocycles. The summed E-state index contributed by atoms with van der Waals surface area (Å²) in [6.45, 7) is 0. The molecule has 2 heteroatoms. The van der Waals surface area contributed by atoms with Gasteiger partial charge >= 0.3 is 0 Å². The van der Waals surface area contributed by atoms with E-state index >= 15 is 0 Å². The van der Waals surface area contributed by atoms with Gasteiger partial charge < -0.3 is 5.73 Å². The van der Waals surface area contributed by atoms with E-state index in [2.05, 4.69) is 6.07 Å². The zero-order valence-corrected chi connectivity index (χ0v) is 5.51. The van der Waals surface area contributed by atoms with Crippen LogP contribution in [-0.2, 0) is 0 Å². The van der Waals surface area contributed by atoms with Crippen LogP contribution in [0.1, 0.15) is 25.7 Å². The molecule has 2 nitrogen and oxygen atoms in total. The smallest absolute Gasteiger partial charge is 0.0656 e. The van der Waals surface area contributed by atoms with Crippen molar-refractivity contribution in [1.82, 2.24) is 0 Å². The molecule has 0 unspecified atom stereocenters. The maximum absolute atomic E-state index is 8.50. The molecule has 9 heavy (non-hydrogen) atoms. The molecule has 0 heterocycles. The fraction of sp³-hybridized carbons (Fsp3) is 0.857. The average Bonchev–Trinajstić information content (AvgIpc) is 1.88. The highest BCUT2D eigenvalue weighted by Gasteiger charge is 2.17. The van der Waals surface area contributed by atoms with Gasteiger partial charge in [-0.15, -0.1) is 0 Å². The summed E-state index contributed by atoms with van der Waals surface area (Å²) in [7, 11) is 0. The van der Waals surface area contributed by atoms with Crippen molar-refractivity contribution in [1.29, 1.82) is 5.26 Å². The first-order valence-electron chi connectivity index (χ1n) is 3.48. The lowest BCUT2D eigenvalue weighted by atomic mass is 9.87. The Labute approximate surface area is 55.7 Å².